The van der Waals surface area contributed by atoms with E-state index in [1.54, 1.807) is 43.5 Å². The van der Waals surface area contributed by atoms with Gasteiger partial charge in [0.15, 0.2) is 0 Å². The number of anilines is 1. The Morgan fingerprint density at radius 3 is 2.09 bits per heavy atom. The van der Waals surface area contributed by atoms with Crippen molar-refractivity contribution in [2.24, 2.45) is 0 Å². The number of aliphatic hydroxyl groups is 1. The van der Waals surface area contributed by atoms with Gasteiger partial charge in [-0.3, -0.25) is 14.5 Å². The molecule has 3 aromatic carbocycles. The van der Waals surface area contributed by atoms with Crippen molar-refractivity contribution in [1.82, 2.24) is 0 Å². The number of ketones is 1. The van der Waals surface area contributed by atoms with E-state index < -0.39 is 17.7 Å². The van der Waals surface area contributed by atoms with Crippen molar-refractivity contribution in [1.29, 1.82) is 0 Å². The van der Waals surface area contributed by atoms with E-state index in [9.17, 15) is 14.7 Å². The van der Waals surface area contributed by atoms with Crippen LogP contribution >= 0.6 is 0 Å². The smallest absolute Gasteiger partial charge is 0.300 e. The molecular formula is C29H29NO5. The lowest BCUT2D eigenvalue weighted by molar-refractivity contribution is -0.132. The largest absolute Gasteiger partial charge is 0.507 e. The Morgan fingerprint density at radius 1 is 0.886 bits per heavy atom. The first-order valence-corrected chi connectivity index (χ1v) is 11.8. The Bertz CT molecular complexity index is 1230. The van der Waals surface area contributed by atoms with Gasteiger partial charge in [0.1, 0.15) is 17.3 Å². The summed E-state index contributed by atoms with van der Waals surface area (Å²) in [4.78, 5) is 28.0. The molecule has 35 heavy (non-hydrogen) atoms. The average Bonchev–Trinajstić information content (AvgIpc) is 3.17. The molecule has 0 spiro atoms. The molecule has 6 nitrogen and oxygen atoms in total. The Labute approximate surface area is 205 Å². The van der Waals surface area contributed by atoms with Gasteiger partial charge in [-0.15, -0.1) is 0 Å². The summed E-state index contributed by atoms with van der Waals surface area (Å²) in [5, 5.41) is 11.3. The Kier molecular flexibility index (Phi) is 7.20. The van der Waals surface area contributed by atoms with Crippen LogP contribution in [0.5, 0.6) is 11.5 Å². The van der Waals surface area contributed by atoms with Crippen molar-refractivity contribution in [2.45, 2.75) is 32.7 Å². The van der Waals surface area contributed by atoms with E-state index >= 15 is 0 Å². The third kappa shape index (κ3) is 4.78. The maximum absolute atomic E-state index is 13.3. The number of carbonyl (C=O) groups is 2. The van der Waals surface area contributed by atoms with Gasteiger partial charge in [0, 0.05) is 11.3 Å². The lowest BCUT2D eigenvalue weighted by Crippen LogP contribution is -2.29. The fraction of sp³-hybridized carbons (Fsp3) is 0.241. The van der Waals surface area contributed by atoms with Crippen LogP contribution in [0.25, 0.3) is 5.76 Å². The van der Waals surface area contributed by atoms with E-state index in [1.165, 1.54) is 4.90 Å². The second-order valence-corrected chi connectivity index (χ2v) is 8.34. The van der Waals surface area contributed by atoms with Crippen molar-refractivity contribution in [3.63, 3.8) is 0 Å². The molecule has 0 aromatic heterocycles. The van der Waals surface area contributed by atoms with Crippen LogP contribution in [0.15, 0.2) is 78.4 Å². The summed E-state index contributed by atoms with van der Waals surface area (Å²) < 4.78 is 10.9. The second kappa shape index (κ2) is 10.5. The molecule has 1 unspecified atom stereocenters. The van der Waals surface area contributed by atoms with Crippen LogP contribution in [0.3, 0.4) is 0 Å². The Hall–Kier alpha value is -4.06. The average molecular weight is 472 g/mol. The fourth-order valence-corrected chi connectivity index (χ4v) is 4.18. The number of rotatable bonds is 8. The van der Waals surface area contributed by atoms with E-state index in [1.807, 2.05) is 50.2 Å². The summed E-state index contributed by atoms with van der Waals surface area (Å²) in [7, 11) is 1.56. The van der Waals surface area contributed by atoms with Crippen molar-refractivity contribution in [2.75, 3.05) is 18.6 Å². The molecule has 0 aliphatic carbocycles. The van der Waals surface area contributed by atoms with E-state index in [0.29, 0.717) is 34.9 Å². The molecule has 1 atom stereocenters. The minimum Gasteiger partial charge on any atom is -0.507 e. The first-order chi connectivity index (χ1) is 17.0. The normalized spacial score (nSPS) is 17.0. The quantitative estimate of drug-likeness (QED) is 0.260. The number of hydrogen-bond donors (Lipinski definition) is 1. The van der Waals surface area contributed by atoms with Crippen LogP contribution in [-0.2, 0) is 16.0 Å². The number of nitrogens with zero attached hydrogens (tertiary/aromatic N) is 1. The summed E-state index contributed by atoms with van der Waals surface area (Å²) in [6.45, 7) is 4.67. The molecule has 1 amide bonds. The molecule has 1 aliphatic rings. The molecule has 1 heterocycles. The molecule has 1 aliphatic heterocycles. The first-order valence-electron chi connectivity index (χ1n) is 11.8. The van der Waals surface area contributed by atoms with Crippen LogP contribution in [0.2, 0.25) is 0 Å². The summed E-state index contributed by atoms with van der Waals surface area (Å²) in [6, 6.07) is 20.8. The standard InChI is InChI=1S/C29H29NO5/c1-4-18-35-24-14-10-20(11-15-24)26-25(27(31)21-8-6-19(5-2)7-9-21)28(32)29(33)30(26)22-12-16-23(34-3)17-13-22/h6-17,26,31H,4-5,18H2,1-3H3/b27-25+. The zero-order valence-electron chi connectivity index (χ0n) is 20.2. The number of carbonyl (C=O) groups excluding carboxylic acids is 2. The molecule has 0 bridgehead atoms. The maximum Gasteiger partial charge on any atom is 0.300 e. The topological polar surface area (TPSA) is 76.1 Å². The summed E-state index contributed by atoms with van der Waals surface area (Å²) in [6.07, 6.45) is 1.74. The number of hydrogen-bond acceptors (Lipinski definition) is 5. The van der Waals surface area contributed by atoms with E-state index in [2.05, 4.69) is 0 Å². The van der Waals surface area contributed by atoms with Crippen molar-refractivity contribution >= 4 is 23.1 Å². The van der Waals surface area contributed by atoms with Gasteiger partial charge in [0.25, 0.3) is 11.7 Å². The lowest BCUT2D eigenvalue weighted by Gasteiger charge is -2.25. The number of ether oxygens (including phenoxy) is 2. The van der Waals surface area contributed by atoms with E-state index in [0.717, 1.165) is 18.4 Å². The fourth-order valence-electron chi connectivity index (χ4n) is 4.18. The van der Waals surface area contributed by atoms with Crippen LogP contribution in [0, 0.1) is 0 Å². The molecule has 0 saturated carbocycles. The van der Waals surface area contributed by atoms with Gasteiger partial charge in [0.05, 0.1) is 25.3 Å². The van der Waals surface area contributed by atoms with Gasteiger partial charge in [-0.05, 0) is 60.4 Å². The highest BCUT2D eigenvalue weighted by atomic mass is 16.5. The monoisotopic (exact) mass is 471 g/mol. The Morgan fingerprint density at radius 2 is 1.51 bits per heavy atom. The molecular weight excluding hydrogens is 442 g/mol. The lowest BCUT2D eigenvalue weighted by atomic mass is 9.94. The summed E-state index contributed by atoms with van der Waals surface area (Å²) in [5.41, 5.74) is 2.87. The van der Waals surface area contributed by atoms with Gasteiger partial charge in [-0.25, -0.2) is 0 Å². The number of aryl methyl sites for hydroxylation is 1. The minimum absolute atomic E-state index is 0.0530. The summed E-state index contributed by atoms with van der Waals surface area (Å²) >= 11 is 0. The first kappa shape index (κ1) is 24.1. The molecule has 180 valence electrons. The SMILES string of the molecule is CCCOc1ccc(C2/C(=C(\O)c3ccc(CC)cc3)C(=O)C(=O)N2c2ccc(OC)cc2)cc1. The molecule has 4 rings (SSSR count). The van der Waals surface area contributed by atoms with Crippen LogP contribution in [-0.4, -0.2) is 30.5 Å². The summed E-state index contributed by atoms with van der Waals surface area (Å²) in [5.74, 6) is -0.284. The van der Waals surface area contributed by atoms with Crippen molar-refractivity contribution in [3.8, 4) is 11.5 Å². The molecule has 0 radical (unpaired) electrons. The third-order valence-electron chi connectivity index (χ3n) is 6.10. The highest BCUT2D eigenvalue weighted by Crippen LogP contribution is 2.42. The zero-order chi connectivity index (χ0) is 24.9. The Balaban J connectivity index is 1.84. The number of amides is 1. The van der Waals surface area contributed by atoms with Gasteiger partial charge < -0.3 is 14.6 Å². The predicted molar refractivity (Wildman–Crippen MR) is 136 cm³/mol. The van der Waals surface area contributed by atoms with Crippen molar-refractivity contribution < 1.29 is 24.2 Å². The van der Waals surface area contributed by atoms with Gasteiger partial charge in [-0.2, -0.15) is 0 Å². The minimum atomic E-state index is -0.797. The number of benzene rings is 3. The van der Waals surface area contributed by atoms with Gasteiger partial charge in [-0.1, -0.05) is 50.2 Å². The molecule has 6 heteroatoms. The van der Waals surface area contributed by atoms with E-state index in [-0.39, 0.29) is 11.3 Å². The van der Waals surface area contributed by atoms with Crippen molar-refractivity contribution in [3.05, 3.63) is 95.1 Å². The van der Waals surface area contributed by atoms with Crippen LogP contribution in [0.4, 0.5) is 5.69 Å². The highest BCUT2D eigenvalue weighted by molar-refractivity contribution is 6.51. The number of methoxy groups -OCH3 is 1. The number of aliphatic hydroxyl groups excluding tert-OH is 1. The molecule has 1 N–H and O–H groups in total. The van der Waals surface area contributed by atoms with Gasteiger partial charge >= 0.3 is 0 Å². The second-order valence-electron chi connectivity index (χ2n) is 8.34. The molecule has 3 aromatic rings. The predicted octanol–water partition coefficient (Wildman–Crippen LogP) is 5.67. The number of Topliss-reactive ketones (excluding diaryl/α,β-unsaturated/α-hetero) is 1. The van der Waals surface area contributed by atoms with Crippen LogP contribution < -0.4 is 14.4 Å². The highest BCUT2D eigenvalue weighted by Gasteiger charge is 2.47. The molecule has 1 fully saturated rings. The zero-order valence-corrected chi connectivity index (χ0v) is 20.2. The molecule has 1 saturated heterocycles. The maximum atomic E-state index is 13.3. The van der Waals surface area contributed by atoms with Gasteiger partial charge in [0.2, 0.25) is 0 Å². The van der Waals surface area contributed by atoms with E-state index in [4.69, 9.17) is 9.47 Å². The third-order valence-corrected chi connectivity index (χ3v) is 6.10. The van der Waals surface area contributed by atoms with Crippen LogP contribution in [0.1, 0.15) is 43.0 Å².